The first-order valence-corrected chi connectivity index (χ1v) is 19.3. The van der Waals surface area contributed by atoms with Crippen LogP contribution in [0.15, 0.2) is 29.2 Å². The molecule has 4 amide bonds. The largest absolute Gasteiger partial charge is 0.444 e. The molecule has 272 valence electrons. The molecule has 1 unspecified atom stereocenters. The highest BCUT2D eigenvalue weighted by molar-refractivity contribution is 7.91. The van der Waals surface area contributed by atoms with Crippen LogP contribution in [0.2, 0.25) is 0 Å². The first kappa shape index (κ1) is 38.3. The van der Waals surface area contributed by atoms with Crippen molar-refractivity contribution >= 4 is 39.4 Å². The number of aryl methyl sites for hydroxylation is 1. The van der Waals surface area contributed by atoms with Gasteiger partial charge in [-0.15, -0.1) is 0 Å². The third-order valence-electron chi connectivity index (χ3n) is 10.1. The van der Waals surface area contributed by atoms with Gasteiger partial charge in [0.25, 0.3) is 5.91 Å². The van der Waals surface area contributed by atoms with Gasteiger partial charge in [0, 0.05) is 6.54 Å². The number of ether oxygens (including phenoxy) is 1. The fourth-order valence-corrected chi connectivity index (χ4v) is 8.28. The Morgan fingerprint density at radius 1 is 0.939 bits per heavy atom. The average molecular weight is 703 g/mol. The molecule has 3 aliphatic rings. The van der Waals surface area contributed by atoms with Crippen molar-refractivity contribution in [1.29, 1.82) is 0 Å². The molecule has 1 aromatic carbocycles. The highest BCUT2D eigenvalue weighted by atomic mass is 32.2. The summed E-state index contributed by atoms with van der Waals surface area (Å²) in [6.45, 7) is 11.5. The maximum absolute atomic E-state index is 14.1. The number of nitrogens with zero attached hydrogens (tertiary/aromatic N) is 1. The normalized spacial score (nSPS) is 26.7. The van der Waals surface area contributed by atoms with Crippen LogP contribution in [-0.2, 0) is 33.8 Å². The Kier molecular flexibility index (Phi) is 12.2. The number of nitrogens with one attached hydrogen (secondary N) is 3. The quantitative estimate of drug-likeness (QED) is 0.371. The number of carbonyl (C=O) groups is 5. The van der Waals surface area contributed by atoms with Crippen LogP contribution < -0.4 is 16.0 Å². The zero-order valence-corrected chi connectivity index (χ0v) is 30.6. The molecular formula is C36H54N4O8S. The fourth-order valence-electron chi connectivity index (χ4n) is 7.24. The van der Waals surface area contributed by atoms with E-state index in [4.69, 9.17) is 4.74 Å². The summed E-state index contributed by atoms with van der Waals surface area (Å²) in [5.74, 6) is -3.81. The minimum absolute atomic E-state index is 0.0201. The number of ketones is 1. The molecule has 12 nitrogen and oxygen atoms in total. The van der Waals surface area contributed by atoms with Gasteiger partial charge in [0.05, 0.1) is 10.9 Å². The van der Waals surface area contributed by atoms with Gasteiger partial charge in [-0.3, -0.25) is 19.2 Å². The zero-order chi connectivity index (χ0) is 36.1. The average Bonchev–Trinajstić information content (AvgIpc) is 3.32. The minimum atomic E-state index is -3.91. The van der Waals surface area contributed by atoms with E-state index in [1.807, 2.05) is 20.8 Å². The van der Waals surface area contributed by atoms with Crippen LogP contribution in [0.4, 0.5) is 4.79 Å². The van der Waals surface area contributed by atoms with Crippen LogP contribution in [0.1, 0.15) is 104 Å². The molecule has 2 aliphatic heterocycles. The number of hydrogen-bond donors (Lipinski definition) is 3. The van der Waals surface area contributed by atoms with Crippen LogP contribution in [0.25, 0.3) is 0 Å². The highest BCUT2D eigenvalue weighted by Gasteiger charge is 2.69. The number of amides is 4. The molecular weight excluding hydrogens is 648 g/mol. The first-order valence-electron chi connectivity index (χ1n) is 17.6. The van der Waals surface area contributed by atoms with E-state index in [1.165, 1.54) is 17.0 Å². The maximum Gasteiger partial charge on any atom is 0.408 e. The fraction of sp³-hybridized carbons (Fsp3) is 0.694. The molecule has 3 N–H and O–H groups in total. The number of alkyl carbamates (subject to hydrolysis) is 1. The van der Waals surface area contributed by atoms with Crippen molar-refractivity contribution in [3.05, 3.63) is 29.8 Å². The van der Waals surface area contributed by atoms with Gasteiger partial charge in [-0.05, 0) is 69.9 Å². The Hall–Kier alpha value is -3.48. The third-order valence-corrected chi connectivity index (χ3v) is 11.7. The number of benzene rings is 1. The van der Waals surface area contributed by atoms with Crippen molar-refractivity contribution in [1.82, 2.24) is 20.9 Å². The lowest BCUT2D eigenvalue weighted by molar-refractivity contribution is -0.144. The molecule has 5 atom stereocenters. The molecule has 4 rings (SSSR count). The standard InChI is InChI=1S/C36H54N4O8S/c1-23-17-19-24(20-18-23)49(46,47)22-37-32(43)30(41)26-15-13-11-9-7-8-10-12-14-16-27(39-34(45)48-35(2,3)4)33(44)40-21-25-28(36(25,5)6)29(40)31(42)38-26/h17-20,25-29H,7-16,21-22H2,1-6H3,(H,37,43)(H,38,42)(H,39,45)/t25?,26-,27-,28-,29-/m0/s1. The predicted octanol–water partition coefficient (Wildman–Crippen LogP) is 4.19. The van der Waals surface area contributed by atoms with Gasteiger partial charge in [-0.1, -0.05) is 82.9 Å². The second-order valence-electron chi connectivity index (χ2n) is 15.5. The lowest BCUT2D eigenvalue weighted by Crippen LogP contribution is -2.58. The van der Waals surface area contributed by atoms with Crippen molar-refractivity contribution in [3.8, 4) is 0 Å². The van der Waals surface area contributed by atoms with Gasteiger partial charge in [0.2, 0.25) is 17.6 Å². The second-order valence-corrected chi connectivity index (χ2v) is 17.5. The molecule has 1 saturated carbocycles. The topological polar surface area (TPSA) is 168 Å². The SMILES string of the molecule is Cc1ccc(S(=O)(=O)CNC(=O)C(=O)[C@@H]2CCCCCCCCCC[C@H](NC(=O)OC(C)(C)C)C(=O)N3CC4[C@@H]([C@H]3C(=O)N2)C4(C)C)cc1. The van der Waals surface area contributed by atoms with E-state index in [-0.39, 0.29) is 34.5 Å². The first-order chi connectivity index (χ1) is 22.9. The van der Waals surface area contributed by atoms with Crippen LogP contribution in [0, 0.1) is 24.2 Å². The Morgan fingerprint density at radius 2 is 1.51 bits per heavy atom. The summed E-state index contributed by atoms with van der Waals surface area (Å²) in [5.41, 5.74) is -0.0975. The smallest absolute Gasteiger partial charge is 0.408 e. The molecule has 0 radical (unpaired) electrons. The van der Waals surface area contributed by atoms with Gasteiger partial charge in [-0.2, -0.15) is 0 Å². The van der Waals surface area contributed by atoms with Crippen LogP contribution >= 0.6 is 0 Å². The number of piperidine rings is 1. The number of rotatable bonds is 6. The molecule has 2 heterocycles. The third kappa shape index (κ3) is 9.82. The van der Waals surface area contributed by atoms with Gasteiger partial charge < -0.3 is 25.6 Å². The Balaban J connectivity index is 1.54. The molecule has 1 aliphatic carbocycles. The molecule has 2 saturated heterocycles. The van der Waals surface area contributed by atoms with Gasteiger partial charge in [0.15, 0.2) is 9.84 Å². The van der Waals surface area contributed by atoms with E-state index in [1.54, 1.807) is 32.9 Å². The summed E-state index contributed by atoms with van der Waals surface area (Å²) in [7, 11) is -3.91. The van der Waals surface area contributed by atoms with Crippen molar-refractivity contribution in [2.45, 2.75) is 134 Å². The molecule has 3 fully saturated rings. The summed E-state index contributed by atoms with van der Waals surface area (Å²) in [6, 6.07) is 3.20. The molecule has 13 heteroatoms. The zero-order valence-electron chi connectivity index (χ0n) is 29.8. The van der Waals surface area contributed by atoms with Crippen molar-refractivity contribution < 1.29 is 37.1 Å². The monoisotopic (exact) mass is 702 g/mol. The molecule has 0 spiro atoms. The molecule has 0 bridgehead atoms. The molecule has 1 aromatic rings. The van der Waals surface area contributed by atoms with Gasteiger partial charge in [-0.25, -0.2) is 13.2 Å². The van der Waals surface area contributed by atoms with E-state index < -0.39 is 63.1 Å². The Morgan fingerprint density at radius 3 is 2.10 bits per heavy atom. The lowest BCUT2D eigenvalue weighted by Gasteiger charge is -2.34. The molecule has 49 heavy (non-hydrogen) atoms. The second kappa shape index (κ2) is 15.6. The van der Waals surface area contributed by atoms with E-state index in [0.29, 0.717) is 19.4 Å². The van der Waals surface area contributed by atoms with Crippen molar-refractivity contribution in [2.75, 3.05) is 12.4 Å². The van der Waals surface area contributed by atoms with Crippen LogP contribution in [0.5, 0.6) is 0 Å². The minimum Gasteiger partial charge on any atom is -0.444 e. The van der Waals surface area contributed by atoms with Gasteiger partial charge >= 0.3 is 6.09 Å². The van der Waals surface area contributed by atoms with E-state index in [2.05, 4.69) is 16.0 Å². The lowest BCUT2D eigenvalue weighted by atomic mass is 9.97. The summed E-state index contributed by atoms with van der Waals surface area (Å²) in [5, 5.41) is 7.81. The number of fused-ring (bicyclic) bond motifs is 3. The number of Topliss-reactive ketones (excluding diaryl/α,β-unsaturated/α-hetero) is 1. The summed E-state index contributed by atoms with van der Waals surface area (Å²) < 4.78 is 31.1. The van der Waals surface area contributed by atoms with Crippen LogP contribution in [-0.4, -0.2) is 79.1 Å². The Labute approximate surface area is 290 Å². The van der Waals surface area contributed by atoms with E-state index in [0.717, 1.165) is 50.5 Å². The maximum atomic E-state index is 14.1. The number of sulfone groups is 1. The summed E-state index contributed by atoms with van der Waals surface area (Å²) in [4.78, 5) is 69.2. The van der Waals surface area contributed by atoms with Crippen molar-refractivity contribution in [2.24, 2.45) is 17.3 Å². The number of hydrogen-bond acceptors (Lipinski definition) is 8. The van der Waals surface area contributed by atoms with Crippen molar-refractivity contribution in [3.63, 3.8) is 0 Å². The Bertz CT molecular complexity index is 1500. The predicted molar refractivity (Wildman–Crippen MR) is 184 cm³/mol. The molecule has 0 aromatic heterocycles. The van der Waals surface area contributed by atoms with Gasteiger partial charge in [0.1, 0.15) is 23.6 Å². The van der Waals surface area contributed by atoms with E-state index >= 15 is 0 Å². The number of carbonyl (C=O) groups excluding carboxylic acids is 5. The summed E-state index contributed by atoms with van der Waals surface area (Å²) >= 11 is 0. The van der Waals surface area contributed by atoms with E-state index in [9.17, 15) is 32.4 Å². The van der Waals surface area contributed by atoms with Crippen LogP contribution in [0.3, 0.4) is 0 Å². The highest BCUT2D eigenvalue weighted by Crippen LogP contribution is 2.65. The summed E-state index contributed by atoms with van der Waals surface area (Å²) in [6.07, 6.45) is 6.78.